The molecule has 7 nitrogen and oxygen atoms in total. The fourth-order valence-corrected chi connectivity index (χ4v) is 6.23. The van der Waals surface area contributed by atoms with Crippen LogP contribution >= 0.6 is 0 Å². The third kappa shape index (κ3) is 7.73. The van der Waals surface area contributed by atoms with Gasteiger partial charge < -0.3 is 15.5 Å². The molecule has 2 heterocycles. The molecule has 7 heteroatoms. The van der Waals surface area contributed by atoms with Gasteiger partial charge in [0.25, 0.3) is 0 Å². The van der Waals surface area contributed by atoms with Crippen molar-refractivity contribution in [3.8, 4) is 0 Å². The Morgan fingerprint density at radius 3 is 2.00 bits per heavy atom. The van der Waals surface area contributed by atoms with Gasteiger partial charge in [0.05, 0.1) is 6.04 Å². The van der Waals surface area contributed by atoms with Gasteiger partial charge in [-0.3, -0.25) is 4.79 Å². The zero-order valence-electron chi connectivity index (χ0n) is 25.8. The smallest absolute Gasteiger partial charge is 0.248 e. The number of carbonyl (C=O) groups is 1. The number of carbonyl (C=O) groups excluding carboxylic acids is 1. The number of aryl methyl sites for hydroxylation is 5. The fraction of sp³-hybridized carbons (Fsp3) is 0.263. The lowest BCUT2D eigenvalue weighted by Crippen LogP contribution is -2.55. The number of piperazine rings is 1. The quantitative estimate of drug-likeness (QED) is 0.208. The summed E-state index contributed by atoms with van der Waals surface area (Å²) in [7, 11) is 0. The maximum Gasteiger partial charge on any atom is 0.248 e. The lowest BCUT2D eigenvalue weighted by molar-refractivity contribution is 0.1000. The van der Waals surface area contributed by atoms with Gasteiger partial charge in [-0.25, -0.2) is 4.98 Å². The summed E-state index contributed by atoms with van der Waals surface area (Å²) < 4.78 is 0. The van der Waals surface area contributed by atoms with Crippen LogP contribution in [-0.2, 0) is 32.1 Å². The molecule has 0 saturated carbocycles. The average molecular weight is 597 g/mol. The van der Waals surface area contributed by atoms with Gasteiger partial charge in [-0.05, 0) is 73.1 Å². The van der Waals surface area contributed by atoms with E-state index < -0.39 is 5.91 Å². The molecule has 0 radical (unpaired) electrons. The highest BCUT2D eigenvalue weighted by Crippen LogP contribution is 2.29. The average Bonchev–Trinajstić information content (AvgIpc) is 3.07. The van der Waals surface area contributed by atoms with Crippen LogP contribution < -0.4 is 15.5 Å². The largest absolute Gasteiger partial charge is 0.367 e. The predicted octanol–water partition coefficient (Wildman–Crippen LogP) is 5.79. The summed E-state index contributed by atoms with van der Waals surface area (Å²) in [5.41, 5.74) is 12.4. The van der Waals surface area contributed by atoms with Gasteiger partial charge in [-0.1, -0.05) is 91.0 Å². The molecule has 5 aromatic rings. The third-order valence-corrected chi connectivity index (χ3v) is 8.55. The van der Waals surface area contributed by atoms with Crippen molar-refractivity contribution in [2.45, 2.75) is 45.1 Å². The highest BCUT2D eigenvalue weighted by atomic mass is 16.1. The summed E-state index contributed by atoms with van der Waals surface area (Å²) in [5, 5.41) is 0. The van der Waals surface area contributed by atoms with Crippen LogP contribution in [0.5, 0.6) is 0 Å². The highest BCUT2D eigenvalue weighted by Gasteiger charge is 2.31. The minimum Gasteiger partial charge on any atom is -0.367 e. The summed E-state index contributed by atoms with van der Waals surface area (Å²) in [6.07, 6.45) is 4.22. The summed E-state index contributed by atoms with van der Waals surface area (Å²) in [5.74, 6) is 1.92. The summed E-state index contributed by atoms with van der Waals surface area (Å²) in [6, 6.07) is 37.6. The first-order chi connectivity index (χ1) is 22.0. The van der Waals surface area contributed by atoms with E-state index in [1.54, 1.807) is 0 Å². The number of nitrogens with zero attached hydrogens (tertiary/aromatic N) is 5. The monoisotopic (exact) mass is 596 g/mol. The molecule has 1 atom stereocenters. The number of hydrogen-bond acceptors (Lipinski definition) is 6. The Morgan fingerprint density at radius 1 is 0.733 bits per heavy atom. The van der Waals surface area contributed by atoms with Crippen molar-refractivity contribution >= 4 is 17.5 Å². The van der Waals surface area contributed by atoms with Crippen molar-refractivity contribution in [3.05, 3.63) is 149 Å². The van der Waals surface area contributed by atoms with Crippen LogP contribution in [0.15, 0.2) is 109 Å². The molecule has 1 aliphatic heterocycles. The van der Waals surface area contributed by atoms with E-state index in [2.05, 4.69) is 94.7 Å². The number of rotatable bonds is 11. The Bertz CT molecular complexity index is 1710. The SMILES string of the molecule is Cc1nc(CCc2ccccc2)nc(N2CCN(c3ccc(C(N)=O)cc3CCc3ccccc3)CC2Cc2ccccc2)n1. The number of aromatic nitrogens is 3. The van der Waals surface area contributed by atoms with E-state index in [0.29, 0.717) is 5.56 Å². The Balaban J connectivity index is 1.27. The Kier molecular flexibility index (Phi) is 9.44. The summed E-state index contributed by atoms with van der Waals surface area (Å²) >= 11 is 0. The predicted molar refractivity (Wildman–Crippen MR) is 181 cm³/mol. The van der Waals surface area contributed by atoms with Gasteiger partial charge in [0, 0.05) is 37.3 Å². The molecule has 2 N–H and O–H groups in total. The molecule has 1 amide bonds. The van der Waals surface area contributed by atoms with Crippen molar-refractivity contribution in [2.24, 2.45) is 5.73 Å². The second-order valence-corrected chi connectivity index (χ2v) is 11.8. The lowest BCUT2D eigenvalue weighted by Gasteiger charge is -2.43. The molecule has 1 aliphatic rings. The summed E-state index contributed by atoms with van der Waals surface area (Å²) in [6.45, 7) is 4.34. The van der Waals surface area contributed by atoms with E-state index in [4.69, 9.17) is 20.7 Å². The number of anilines is 2. The Morgan fingerprint density at radius 2 is 1.36 bits per heavy atom. The first-order valence-electron chi connectivity index (χ1n) is 15.8. The molecule has 45 heavy (non-hydrogen) atoms. The molecule has 0 spiro atoms. The summed E-state index contributed by atoms with van der Waals surface area (Å²) in [4.78, 5) is 31.5. The molecule has 6 rings (SSSR count). The van der Waals surface area contributed by atoms with Crippen LogP contribution in [0.3, 0.4) is 0 Å². The zero-order valence-corrected chi connectivity index (χ0v) is 25.8. The van der Waals surface area contributed by atoms with Gasteiger partial charge in [0.1, 0.15) is 11.6 Å². The van der Waals surface area contributed by atoms with E-state index in [0.717, 1.165) is 80.6 Å². The first kappa shape index (κ1) is 30.0. The number of hydrogen-bond donors (Lipinski definition) is 1. The molecule has 1 aromatic heterocycles. The van der Waals surface area contributed by atoms with Crippen LogP contribution in [0, 0.1) is 6.92 Å². The third-order valence-electron chi connectivity index (χ3n) is 8.55. The van der Waals surface area contributed by atoms with E-state index in [9.17, 15) is 4.79 Å². The van der Waals surface area contributed by atoms with Crippen molar-refractivity contribution in [2.75, 3.05) is 29.4 Å². The van der Waals surface area contributed by atoms with Crippen molar-refractivity contribution in [1.29, 1.82) is 0 Å². The van der Waals surface area contributed by atoms with E-state index >= 15 is 0 Å². The second kappa shape index (κ2) is 14.2. The van der Waals surface area contributed by atoms with Gasteiger partial charge >= 0.3 is 0 Å². The van der Waals surface area contributed by atoms with Crippen molar-refractivity contribution in [1.82, 2.24) is 15.0 Å². The maximum absolute atomic E-state index is 12.1. The minimum atomic E-state index is -0.400. The van der Waals surface area contributed by atoms with Gasteiger partial charge in [-0.15, -0.1) is 0 Å². The van der Waals surface area contributed by atoms with Gasteiger partial charge in [-0.2, -0.15) is 9.97 Å². The molecular formula is C38H40N6O. The van der Waals surface area contributed by atoms with E-state index in [-0.39, 0.29) is 6.04 Å². The Labute approximate surface area is 265 Å². The van der Waals surface area contributed by atoms with Gasteiger partial charge in [0.15, 0.2) is 0 Å². The first-order valence-corrected chi connectivity index (χ1v) is 15.8. The van der Waals surface area contributed by atoms with Gasteiger partial charge in [0.2, 0.25) is 11.9 Å². The maximum atomic E-state index is 12.1. The number of nitrogens with two attached hydrogens (primary N) is 1. The van der Waals surface area contributed by atoms with Crippen LogP contribution in [0.25, 0.3) is 0 Å². The van der Waals surface area contributed by atoms with Crippen LogP contribution in [0.1, 0.15) is 44.3 Å². The van der Waals surface area contributed by atoms with E-state index in [1.165, 1.54) is 16.7 Å². The van der Waals surface area contributed by atoms with E-state index in [1.807, 2.05) is 31.2 Å². The number of amides is 1. The second-order valence-electron chi connectivity index (χ2n) is 11.8. The van der Waals surface area contributed by atoms with Crippen molar-refractivity contribution < 1.29 is 4.79 Å². The highest BCUT2D eigenvalue weighted by molar-refractivity contribution is 5.93. The topological polar surface area (TPSA) is 88.2 Å². The van der Waals surface area contributed by atoms with Crippen molar-refractivity contribution in [3.63, 3.8) is 0 Å². The number of primary amides is 1. The molecule has 1 fully saturated rings. The molecule has 1 saturated heterocycles. The van der Waals surface area contributed by atoms with Crippen LogP contribution in [-0.4, -0.2) is 46.5 Å². The molecule has 0 aliphatic carbocycles. The zero-order chi connectivity index (χ0) is 31.0. The standard InChI is InChI=1S/C38H40N6O/c1-28-40-36(22-18-30-13-7-3-8-14-30)42-38(41-28)44-24-23-43(27-34(44)25-31-15-9-4-10-16-31)35-21-20-33(37(39)45)26-32(35)19-17-29-11-5-2-6-12-29/h2-16,20-21,26,34H,17-19,22-25,27H2,1H3,(H2,39,45). The molecule has 0 bridgehead atoms. The van der Waals surface area contributed by atoms with Crippen LogP contribution in [0.4, 0.5) is 11.6 Å². The molecule has 4 aromatic carbocycles. The number of benzene rings is 4. The molecule has 228 valence electrons. The lowest BCUT2D eigenvalue weighted by atomic mass is 9.97. The minimum absolute atomic E-state index is 0.141. The fourth-order valence-electron chi connectivity index (χ4n) is 6.23. The molecular weight excluding hydrogens is 556 g/mol. The van der Waals surface area contributed by atoms with Crippen LogP contribution in [0.2, 0.25) is 0 Å². The molecule has 1 unspecified atom stereocenters. The Hall–Kier alpha value is -5.04. The normalized spacial score (nSPS) is 14.8.